The van der Waals surface area contributed by atoms with Gasteiger partial charge < -0.3 is 9.80 Å². The van der Waals surface area contributed by atoms with Gasteiger partial charge >= 0.3 is 0 Å². The molecular weight excluding hydrogens is 1630 g/mol. The maximum Gasteiger partial charge on any atom is 0.259 e. The monoisotopic (exact) mass is 1680 g/mol. The minimum atomic E-state index is -2.40. The lowest BCUT2D eigenvalue weighted by Gasteiger charge is -2.63. The summed E-state index contributed by atoms with van der Waals surface area (Å²) in [5.41, 5.74) is 5.49. The first-order valence-electron chi connectivity index (χ1n) is 46.6. The summed E-state index contributed by atoms with van der Waals surface area (Å²) in [6, 6.07) is 31.8. The number of rotatable bonds is 56. The summed E-state index contributed by atoms with van der Waals surface area (Å²) in [6.45, 7) is 0. The van der Waals surface area contributed by atoms with Gasteiger partial charge in [-0.25, -0.2) is 0 Å². The van der Waals surface area contributed by atoms with Crippen LogP contribution in [0.5, 0.6) is 0 Å². The van der Waals surface area contributed by atoms with Crippen molar-refractivity contribution in [2.24, 2.45) is 0 Å². The topological polar surface area (TPSA) is 66.4 Å². The number of halogens is 1. The van der Waals surface area contributed by atoms with Crippen LogP contribution < -0.4 is 9.80 Å². The lowest BCUT2D eigenvalue weighted by Crippen LogP contribution is -3.01. The van der Waals surface area contributed by atoms with E-state index in [2.05, 4.69) is 9.97 Å². The second-order valence-corrected chi connectivity index (χ2v) is 38.9. The van der Waals surface area contributed by atoms with Crippen LogP contribution >= 0.6 is 11.6 Å². The number of benzene rings is 3. The van der Waals surface area contributed by atoms with Gasteiger partial charge in [-0.3, -0.25) is 19.6 Å². The predicted octanol–water partition coefficient (Wildman–Crippen LogP) is -32.6. The molecule has 2 amide bonds. The van der Waals surface area contributed by atoms with E-state index in [1.54, 1.807) is 56.8 Å². The summed E-state index contributed by atoms with van der Waals surface area (Å²) in [5, 5.41) is 0.400. The van der Waals surface area contributed by atoms with Crippen molar-refractivity contribution in [2.45, 2.75) is 0 Å². The van der Waals surface area contributed by atoms with Crippen LogP contribution in [0.15, 0.2) is 116 Å². The van der Waals surface area contributed by atoms with Crippen LogP contribution in [0.4, 0.5) is 11.4 Å². The highest BCUT2D eigenvalue weighted by Gasteiger charge is 2.69. The third-order valence-electron chi connectivity index (χ3n) is 28.6. The molecule has 0 N–H and O–H groups in total. The first-order chi connectivity index (χ1) is 66.2. The Balaban J connectivity index is 0.000000892. The molecule has 5 rings (SSSR count). The fraction of sp³-hybridized carbons (Fsp3) is 0.0625. The molecule has 0 saturated carbocycles. The maximum absolute atomic E-state index is 13.2. The third kappa shape index (κ3) is 36.5. The molecule has 106 radical (unpaired) electrons. The van der Waals surface area contributed by atoms with Crippen molar-refractivity contribution in [3.63, 3.8) is 0 Å². The normalized spacial score (nSPS) is 10.1. The molecule has 143 heavy (non-hydrogen) atoms. The van der Waals surface area contributed by atoms with E-state index in [0.29, 0.717) is 27.5 Å². The van der Waals surface area contributed by atoms with Crippen molar-refractivity contribution in [3.8, 4) is 22.5 Å². The van der Waals surface area contributed by atoms with Crippen LogP contribution in [0.25, 0.3) is 22.5 Å². The van der Waals surface area contributed by atoms with Gasteiger partial charge in [0, 0.05) is 790 Å². The van der Waals surface area contributed by atoms with Gasteiger partial charge in [0.05, 0.1) is 22.5 Å². The van der Waals surface area contributed by atoms with Crippen molar-refractivity contribution in [2.75, 3.05) is 23.9 Å². The molecule has 111 heteroatoms. The maximum atomic E-state index is 13.2. The van der Waals surface area contributed by atoms with Crippen LogP contribution in [-0.4, -0.2) is 772 Å². The van der Waals surface area contributed by atoms with E-state index in [1.807, 2.05) is 72.8 Å². The number of carbonyl (C=O) groups is 2. The smallest absolute Gasteiger partial charge is 0.259 e. The molecule has 0 atom stereocenters. The Hall–Kier alpha value is 1.94. The van der Waals surface area contributed by atoms with Gasteiger partial charge in [0.15, 0.2) is 0 Å². The molecule has 0 saturated heterocycles. The van der Waals surface area contributed by atoms with Crippen LogP contribution in [0.3, 0.4) is 0 Å². The molecule has 0 aliphatic carbocycles. The minimum Gasteiger partial charge on any atom is -0.311 e. The van der Waals surface area contributed by atoms with Gasteiger partial charge in [-0.1, -0.05) is 72.3 Å². The minimum absolute atomic E-state index is 0.245. The van der Waals surface area contributed by atoms with E-state index in [0.717, 1.165) is 22.5 Å². The van der Waals surface area contributed by atoms with E-state index in [9.17, 15) is 9.59 Å². The number of hydrogen-bond donors (Lipinski definition) is 0. The zero-order valence-corrected chi connectivity index (χ0v) is 82.3. The SMILES string of the molecule is CN(C(=O)c1ccc(-c2ccccc2)nc1)c1cc(Cl)cc(N(C)C(=O)c2ccc(-c3ccccc3)nc2)c1.[B]B([B])B([B])B(B([B])[B])B(B(B(B([B])[B])B([B])[B])B(B([B])[B])B([B])[B])B(B(B(B([B])[B])B([B])[B])B(B([B])[B])B([B])[B])B(B(B(B(B([B])[B])B([B])[B])B(B([B])[B])B([B])[B])B(B(B([B])[B])B([B])[B])B(B([B])[B])B([B])[B])B(B(B(B([B])[B])B([B])[B])B(B([B])[B])B([B])[B])B(B(B([B])[B])B([B])[B])B(B([B])[B])B([B])[B]. The molecule has 3 aromatic carbocycles. The molecule has 0 aliphatic rings. The number of amides is 2. The molecule has 0 fully saturated rings. The molecule has 504 valence electrons. The van der Waals surface area contributed by atoms with E-state index in [-0.39, 0.29) is 11.8 Å². The average molecular weight is 1660 g/mol. The number of pyridine rings is 2. The number of hydrogen-bond acceptors (Lipinski definition) is 4. The van der Waals surface area contributed by atoms with Gasteiger partial charge in [-0.15, -0.1) is 0 Å². The van der Waals surface area contributed by atoms with Crippen LogP contribution in [0.2, 0.25) is 5.02 Å². The highest BCUT2D eigenvalue weighted by Crippen LogP contribution is 2.34. The molecule has 0 unspecified atom stereocenters. The zero-order chi connectivity index (χ0) is 110. The molecule has 6 nitrogen and oxygen atoms in total. The fourth-order valence-electron chi connectivity index (χ4n) is 22.9. The Labute approximate surface area is 958 Å². The number of aromatic nitrogens is 2. The Bertz CT molecular complexity index is 3930. The summed E-state index contributed by atoms with van der Waals surface area (Å²) in [5.74, 6) is -0.491. The van der Waals surface area contributed by atoms with Gasteiger partial charge in [0.25, 0.3) is 11.8 Å². The van der Waals surface area contributed by atoms with Crippen molar-refractivity contribution in [1.82, 2.24) is 9.97 Å². The summed E-state index contributed by atoms with van der Waals surface area (Å²) >= 11 is 6.42. The van der Waals surface area contributed by atoms with Crippen molar-refractivity contribution in [3.05, 3.63) is 132 Å². The molecule has 2 heterocycles. The first-order valence-corrected chi connectivity index (χ1v) is 47.0. The third-order valence-corrected chi connectivity index (χ3v) is 28.9. The van der Waals surface area contributed by atoms with E-state index in [4.69, 9.17) is 422 Å². The van der Waals surface area contributed by atoms with Crippen LogP contribution in [0, 0.1) is 0 Å². The molecular formula is C32H25B104ClN4O2. The molecule has 0 aliphatic heterocycles. The molecule has 0 spiro atoms. The van der Waals surface area contributed by atoms with Gasteiger partial charge in [-0.05, 0) is 42.5 Å². The standard InChI is InChI=1S/C32H25ClN4O2.B104/c1-36(31(38)24-13-15-29(34-20-24)22-9-5-3-6-10-22)27-17-26(33)18-28(19-27)37(2)32(39)25-14-16-30(35-21-25)23-11-7-4-8-12-23;1-54(2)80(53)93(79(51)52)100(94(81(55(3)4)56(5)6)82(57(7)8)58(9)10)103(99(91(75(43)44)76(45)46)92(77(47)48)78(49)50)104(101(95(83(59(11)12)60(13)14)84(61(15)16)62(17)18)96(85(63(19)20)64(21)22)86(65(23)24)66(25)26)102(97(87(67(27)28)68(29)30)88(69(31)32)70(33)34)98(89(71(35)36)72(37)38)90(73(39)40)74(41)42/h3-21H,1-2H3;. The molecule has 5 aromatic rings. The Morgan fingerprint density at radius 1 is 0.203 bits per heavy atom. The molecule has 0 bridgehead atoms. The van der Waals surface area contributed by atoms with Crippen LogP contribution in [0.1, 0.15) is 20.7 Å². The summed E-state index contributed by atoms with van der Waals surface area (Å²) < 4.78 is 0. The average Bonchev–Trinajstić information content (AvgIpc) is 0.703. The number of nitrogens with zero attached hydrogens (tertiary/aromatic N) is 4. The second-order valence-electron chi connectivity index (χ2n) is 38.4. The van der Waals surface area contributed by atoms with Crippen molar-refractivity contribution < 1.29 is 9.59 Å². The predicted molar refractivity (Wildman–Crippen MR) is 755 cm³/mol. The van der Waals surface area contributed by atoms with E-state index >= 15 is 0 Å². The van der Waals surface area contributed by atoms with Gasteiger partial charge in [0.2, 0.25) is 0 Å². The summed E-state index contributed by atoms with van der Waals surface area (Å²) in [4.78, 5) is 38.4. The summed E-state index contributed by atoms with van der Waals surface area (Å²) in [6.07, 6.45) is -96.1. The number of anilines is 2. The quantitative estimate of drug-likeness (QED) is 0.0364. The highest BCUT2D eigenvalue weighted by molar-refractivity contribution is 8.44. The van der Waals surface area contributed by atoms with Crippen molar-refractivity contribution >= 4 is 770 Å². The Morgan fingerprint density at radius 3 is 0.497 bits per heavy atom. The lowest BCUT2D eigenvalue weighted by molar-refractivity contribution is 0.0986. The van der Waals surface area contributed by atoms with E-state index < -0.39 is 326 Å². The van der Waals surface area contributed by atoms with E-state index in [1.165, 1.54) is 9.80 Å². The summed E-state index contributed by atoms with van der Waals surface area (Å²) in [7, 11) is 383. The van der Waals surface area contributed by atoms with Gasteiger partial charge in [-0.2, -0.15) is 0 Å². The lowest BCUT2D eigenvalue weighted by atomic mass is 8.18. The first kappa shape index (κ1) is 137. The highest BCUT2D eigenvalue weighted by atomic mass is 35.5. The van der Waals surface area contributed by atoms with Gasteiger partial charge in [0.1, 0.15) is 0 Å². The Morgan fingerprint density at radius 2 is 0.357 bits per heavy atom. The number of carbonyl (C=O) groups excluding carboxylic acids is 2. The Kier molecular flexibility index (Phi) is 61.1. The fourth-order valence-corrected chi connectivity index (χ4v) is 23.1. The largest absolute Gasteiger partial charge is 0.311 e. The van der Waals surface area contributed by atoms with Crippen molar-refractivity contribution in [1.29, 1.82) is 0 Å². The zero-order valence-electron chi connectivity index (χ0n) is 81.5. The second kappa shape index (κ2) is 63.7. The van der Waals surface area contributed by atoms with Crippen LogP contribution in [-0.2, 0) is 0 Å². The molecule has 2 aromatic heterocycles.